The van der Waals surface area contributed by atoms with Crippen molar-refractivity contribution >= 4 is 11.9 Å². The minimum atomic E-state index is -1.09. The van der Waals surface area contributed by atoms with Gasteiger partial charge in [0, 0.05) is 12.1 Å². The maximum atomic E-state index is 11.3. The van der Waals surface area contributed by atoms with Crippen LogP contribution in [0.2, 0.25) is 0 Å². The van der Waals surface area contributed by atoms with E-state index in [4.69, 9.17) is 24.1 Å². The Morgan fingerprint density at radius 3 is 1.58 bits per heavy atom. The molecule has 0 aromatic carbocycles. The van der Waals surface area contributed by atoms with Gasteiger partial charge >= 0.3 is 11.9 Å². The summed E-state index contributed by atoms with van der Waals surface area (Å²) < 4.78 is 25.7. The van der Waals surface area contributed by atoms with Crippen molar-refractivity contribution in [3.05, 3.63) is 35.9 Å². The number of ether oxygens (including phenoxy) is 5. The smallest absolute Gasteiger partial charge is 0.356 e. The third-order valence-corrected chi connectivity index (χ3v) is 3.86. The van der Waals surface area contributed by atoms with E-state index in [0.717, 1.165) is 0 Å². The predicted molar refractivity (Wildman–Crippen MR) is 121 cm³/mol. The SMILES string of the molecule is COC(=O)c1cc(OC)c(OCC(C)C)cn1.COc1cc(C(=O)O)ncc1OCC(C)C. The maximum Gasteiger partial charge on any atom is 0.356 e. The lowest BCUT2D eigenvalue weighted by Gasteiger charge is -2.12. The number of hydrogen-bond acceptors (Lipinski definition) is 9. The number of aromatic nitrogens is 2. The normalized spacial score (nSPS) is 10.2. The first-order chi connectivity index (χ1) is 15.6. The fourth-order valence-corrected chi connectivity index (χ4v) is 2.23. The van der Waals surface area contributed by atoms with Crippen LogP contribution in [0.1, 0.15) is 48.7 Å². The van der Waals surface area contributed by atoms with Crippen LogP contribution in [0, 0.1) is 11.8 Å². The molecule has 0 radical (unpaired) electrons. The molecule has 0 aliphatic carbocycles. The number of aromatic carboxylic acids is 1. The van der Waals surface area contributed by atoms with E-state index in [2.05, 4.69) is 14.7 Å². The number of carbonyl (C=O) groups is 2. The topological polar surface area (TPSA) is 126 Å². The molecule has 0 bridgehead atoms. The van der Waals surface area contributed by atoms with Gasteiger partial charge in [-0.1, -0.05) is 27.7 Å². The van der Waals surface area contributed by atoms with Gasteiger partial charge in [-0.2, -0.15) is 0 Å². The van der Waals surface area contributed by atoms with E-state index < -0.39 is 11.9 Å². The van der Waals surface area contributed by atoms with Crippen LogP contribution in [0.15, 0.2) is 24.5 Å². The second-order valence-electron chi connectivity index (χ2n) is 7.65. The second-order valence-corrected chi connectivity index (χ2v) is 7.65. The zero-order valence-electron chi connectivity index (χ0n) is 20.1. The Kier molecular flexibility index (Phi) is 11.5. The van der Waals surface area contributed by atoms with Gasteiger partial charge in [0.2, 0.25) is 0 Å². The third-order valence-electron chi connectivity index (χ3n) is 3.86. The number of carboxylic acids is 1. The highest BCUT2D eigenvalue weighted by Gasteiger charge is 2.13. The van der Waals surface area contributed by atoms with Gasteiger partial charge in [-0.3, -0.25) is 0 Å². The Hall–Kier alpha value is -3.56. The van der Waals surface area contributed by atoms with Gasteiger partial charge in [0.1, 0.15) is 0 Å². The van der Waals surface area contributed by atoms with Crippen molar-refractivity contribution in [3.63, 3.8) is 0 Å². The highest BCUT2D eigenvalue weighted by molar-refractivity contribution is 5.87. The third kappa shape index (κ3) is 9.22. The van der Waals surface area contributed by atoms with E-state index >= 15 is 0 Å². The van der Waals surface area contributed by atoms with Gasteiger partial charge in [-0.05, 0) is 11.8 Å². The van der Waals surface area contributed by atoms with E-state index in [1.807, 2.05) is 27.7 Å². The molecule has 0 aliphatic heterocycles. The molecule has 2 aromatic rings. The molecule has 1 N–H and O–H groups in total. The summed E-state index contributed by atoms with van der Waals surface area (Å²) in [5.41, 5.74) is 0.134. The molecule has 2 rings (SSSR count). The first kappa shape index (κ1) is 27.5. The second kappa shape index (κ2) is 13.8. The molecule has 0 atom stereocenters. The number of carboxylic acid groups (broad SMARTS) is 1. The van der Waals surface area contributed by atoms with Crippen LogP contribution in [-0.4, -0.2) is 61.6 Å². The molecular weight excluding hydrogens is 432 g/mol. The Morgan fingerprint density at radius 1 is 0.788 bits per heavy atom. The average molecular weight is 465 g/mol. The summed E-state index contributed by atoms with van der Waals surface area (Å²) in [7, 11) is 4.28. The van der Waals surface area contributed by atoms with Crippen molar-refractivity contribution in [1.82, 2.24) is 9.97 Å². The molecule has 182 valence electrons. The molecule has 0 unspecified atom stereocenters. The van der Waals surface area contributed by atoms with Crippen LogP contribution in [0.5, 0.6) is 23.0 Å². The highest BCUT2D eigenvalue weighted by atomic mass is 16.5. The van der Waals surface area contributed by atoms with E-state index in [0.29, 0.717) is 48.0 Å². The summed E-state index contributed by atoms with van der Waals surface area (Å²) in [5.74, 6) is 1.03. The van der Waals surface area contributed by atoms with Crippen LogP contribution >= 0.6 is 0 Å². The monoisotopic (exact) mass is 464 g/mol. The number of carbonyl (C=O) groups excluding carboxylic acids is 1. The molecule has 0 saturated carbocycles. The fourth-order valence-electron chi connectivity index (χ4n) is 2.23. The Bertz CT molecular complexity index is 915. The van der Waals surface area contributed by atoms with E-state index in [1.165, 1.54) is 45.9 Å². The van der Waals surface area contributed by atoms with Crippen LogP contribution < -0.4 is 18.9 Å². The van der Waals surface area contributed by atoms with Crippen LogP contribution in [0.25, 0.3) is 0 Å². The molecule has 0 spiro atoms. The number of rotatable bonds is 10. The lowest BCUT2D eigenvalue weighted by atomic mass is 10.2. The minimum Gasteiger partial charge on any atom is -0.493 e. The lowest BCUT2D eigenvalue weighted by Crippen LogP contribution is -2.08. The van der Waals surface area contributed by atoms with Crippen molar-refractivity contribution in [1.29, 1.82) is 0 Å². The van der Waals surface area contributed by atoms with Gasteiger partial charge in [0.25, 0.3) is 0 Å². The van der Waals surface area contributed by atoms with E-state index in [1.54, 1.807) is 0 Å². The number of methoxy groups -OCH3 is 3. The molecule has 2 heterocycles. The Labute approximate surface area is 193 Å². The highest BCUT2D eigenvalue weighted by Crippen LogP contribution is 2.27. The molecule has 2 aromatic heterocycles. The van der Waals surface area contributed by atoms with Crippen LogP contribution in [0.4, 0.5) is 0 Å². The van der Waals surface area contributed by atoms with Crippen molar-refractivity contribution in [2.24, 2.45) is 11.8 Å². The van der Waals surface area contributed by atoms with Gasteiger partial charge in [0.05, 0.1) is 46.9 Å². The van der Waals surface area contributed by atoms with E-state index in [-0.39, 0.29) is 11.4 Å². The zero-order valence-corrected chi connectivity index (χ0v) is 20.1. The van der Waals surface area contributed by atoms with Crippen molar-refractivity contribution in [2.45, 2.75) is 27.7 Å². The summed E-state index contributed by atoms with van der Waals surface area (Å²) in [5, 5.41) is 8.75. The molecule has 0 amide bonds. The number of nitrogens with zero attached hydrogens (tertiary/aromatic N) is 2. The first-order valence-electron chi connectivity index (χ1n) is 10.3. The quantitative estimate of drug-likeness (QED) is 0.520. The molecule has 0 saturated heterocycles. The number of pyridine rings is 2. The number of esters is 1. The van der Waals surface area contributed by atoms with Crippen LogP contribution in [-0.2, 0) is 4.74 Å². The standard InChI is InChI=1S/C12H17NO4.C11H15NO4/c1-8(2)7-17-11-6-13-9(12(14)16-4)5-10(11)15-3;1-7(2)6-16-10-5-12-8(11(13)14)4-9(10)15-3/h5-6,8H,7H2,1-4H3;4-5,7H,6H2,1-3H3,(H,13,14). The van der Waals surface area contributed by atoms with E-state index in [9.17, 15) is 9.59 Å². The Balaban J connectivity index is 0.000000331. The van der Waals surface area contributed by atoms with Crippen LogP contribution in [0.3, 0.4) is 0 Å². The maximum absolute atomic E-state index is 11.3. The molecular formula is C23H32N2O8. The van der Waals surface area contributed by atoms with Gasteiger partial charge in [0.15, 0.2) is 34.4 Å². The first-order valence-corrected chi connectivity index (χ1v) is 10.3. The summed E-state index contributed by atoms with van der Waals surface area (Å²) in [6.45, 7) is 9.22. The Morgan fingerprint density at radius 2 is 1.21 bits per heavy atom. The molecule has 33 heavy (non-hydrogen) atoms. The van der Waals surface area contributed by atoms with Gasteiger partial charge in [-0.25, -0.2) is 19.6 Å². The summed E-state index contributed by atoms with van der Waals surface area (Å²) in [6, 6.07) is 2.85. The molecule has 10 nitrogen and oxygen atoms in total. The zero-order chi connectivity index (χ0) is 25.0. The van der Waals surface area contributed by atoms with Crippen molar-refractivity contribution in [3.8, 4) is 23.0 Å². The largest absolute Gasteiger partial charge is 0.493 e. The summed E-state index contributed by atoms with van der Waals surface area (Å²) >= 11 is 0. The summed E-state index contributed by atoms with van der Waals surface area (Å²) in [4.78, 5) is 29.7. The fraction of sp³-hybridized carbons (Fsp3) is 0.478. The lowest BCUT2D eigenvalue weighted by molar-refractivity contribution is 0.0592. The van der Waals surface area contributed by atoms with Gasteiger partial charge < -0.3 is 28.8 Å². The predicted octanol–water partition coefficient (Wildman–Crippen LogP) is 3.73. The number of hydrogen-bond donors (Lipinski definition) is 1. The summed E-state index contributed by atoms with van der Waals surface area (Å²) in [6.07, 6.45) is 2.83. The van der Waals surface area contributed by atoms with Gasteiger partial charge in [-0.15, -0.1) is 0 Å². The minimum absolute atomic E-state index is 0.0613. The average Bonchev–Trinajstić information content (AvgIpc) is 2.80. The molecule has 0 fully saturated rings. The van der Waals surface area contributed by atoms with Crippen molar-refractivity contribution in [2.75, 3.05) is 34.5 Å². The molecule has 0 aliphatic rings. The van der Waals surface area contributed by atoms with Crippen molar-refractivity contribution < 1.29 is 38.4 Å². The molecule has 10 heteroatoms.